The molecule has 62 valence electrons. The van der Waals surface area contributed by atoms with Crippen LogP contribution in [0.3, 0.4) is 0 Å². The zero-order valence-electron chi connectivity index (χ0n) is 6.38. The minimum Gasteiger partial charge on any atom is -0.870 e. The summed E-state index contributed by atoms with van der Waals surface area (Å²) in [5.41, 5.74) is 0. The number of unbranched alkanes of at least 4 members (excludes halogenated alkanes) is 3. The van der Waals surface area contributed by atoms with Crippen LogP contribution < -0.4 is 0 Å². The summed E-state index contributed by atoms with van der Waals surface area (Å²) in [5.74, 6) is 0. The molecule has 0 heterocycles. The van der Waals surface area contributed by atoms with Crippen LogP contribution in [0.1, 0.15) is 32.6 Å². The molecule has 0 aliphatic rings. The van der Waals surface area contributed by atoms with E-state index in [0.29, 0.717) is 0 Å². The Balaban J connectivity index is -0.0000000208. The molecular weight excluding hydrogens is 168 g/mol. The van der Waals surface area contributed by atoms with E-state index in [9.17, 15) is 0 Å². The van der Waals surface area contributed by atoms with Crippen molar-refractivity contribution in [2.45, 2.75) is 32.6 Å². The van der Waals surface area contributed by atoms with Crippen molar-refractivity contribution in [1.82, 2.24) is 0 Å². The van der Waals surface area contributed by atoms with Gasteiger partial charge in [-0.3, -0.25) is 0 Å². The minimum atomic E-state index is 0. The molecule has 4 heteroatoms. The smallest absolute Gasteiger partial charge is 0.870 e. The fourth-order valence-corrected chi connectivity index (χ4v) is 0.427. The Labute approximate surface area is 78.0 Å². The summed E-state index contributed by atoms with van der Waals surface area (Å²) in [6, 6.07) is 0. The molecule has 0 saturated carbocycles. The zero-order valence-corrected chi connectivity index (χ0v) is 7.94. The van der Waals surface area contributed by atoms with Crippen molar-refractivity contribution >= 4 is 0 Å². The quantitative estimate of drug-likeness (QED) is 0.380. The third kappa shape index (κ3) is 38.4. The fraction of sp³-hybridized carbons (Fsp3) is 0.833. The monoisotopic (exact) mass is 184 g/mol. The van der Waals surface area contributed by atoms with E-state index >= 15 is 0 Å². The van der Waals surface area contributed by atoms with Gasteiger partial charge in [0.15, 0.2) is 0 Å². The van der Waals surface area contributed by atoms with Gasteiger partial charge in [-0.15, -0.1) is 0 Å². The van der Waals surface area contributed by atoms with E-state index in [2.05, 4.69) is 13.8 Å². The van der Waals surface area contributed by atoms with Crippen molar-refractivity contribution in [1.29, 1.82) is 0 Å². The molecule has 3 nitrogen and oxygen atoms in total. The van der Waals surface area contributed by atoms with Gasteiger partial charge in [-0.1, -0.05) is 26.2 Å². The first-order chi connectivity index (χ1) is 2.91. The molecule has 0 bridgehead atoms. The van der Waals surface area contributed by atoms with Gasteiger partial charge in [0, 0.05) is 0 Å². The summed E-state index contributed by atoms with van der Waals surface area (Å²) in [7, 11) is 0. The second kappa shape index (κ2) is 33.6. The summed E-state index contributed by atoms with van der Waals surface area (Å²) < 4.78 is 0. The van der Waals surface area contributed by atoms with E-state index in [1.165, 1.54) is 19.3 Å². The Morgan fingerprint density at radius 1 is 1.00 bits per heavy atom. The predicted octanol–water partition coefficient (Wildman–Crippen LogP) is 1.87. The Hall–Kier alpha value is 0.594. The fourth-order valence-electron chi connectivity index (χ4n) is 0.427. The van der Waals surface area contributed by atoms with E-state index in [1.807, 2.05) is 0 Å². The van der Waals surface area contributed by atoms with Crippen LogP contribution in [0, 0.1) is 6.92 Å². The molecule has 0 aromatic rings. The molecule has 0 aromatic heterocycles. The maximum Gasteiger partial charge on any atom is 4.00 e. The number of rotatable bonds is 3. The van der Waals surface area contributed by atoms with Gasteiger partial charge in [0.2, 0.25) is 0 Å². The van der Waals surface area contributed by atoms with E-state index in [4.69, 9.17) is 0 Å². The average Bonchev–Trinajstić information content (AvgIpc) is 1.61. The van der Waals surface area contributed by atoms with Gasteiger partial charge in [-0.2, -0.15) is 6.42 Å². The van der Waals surface area contributed by atoms with Crippen LogP contribution in [0.2, 0.25) is 0 Å². The largest absolute Gasteiger partial charge is 4.00 e. The van der Waals surface area contributed by atoms with Crippen LogP contribution in [-0.2, 0) is 21.7 Å². The van der Waals surface area contributed by atoms with Gasteiger partial charge in [-0.25, -0.2) is 0 Å². The number of hydrogen-bond acceptors (Lipinski definition) is 3. The van der Waals surface area contributed by atoms with E-state index < -0.39 is 0 Å². The Morgan fingerprint density at radius 2 is 1.40 bits per heavy atom. The van der Waals surface area contributed by atoms with Crippen LogP contribution in [0.4, 0.5) is 0 Å². The Bertz CT molecular complexity index is 25.0. The molecule has 0 aromatic carbocycles. The van der Waals surface area contributed by atoms with Crippen LogP contribution in [0.25, 0.3) is 0 Å². The molecule has 0 saturated heterocycles. The molecule has 0 fully saturated rings. The van der Waals surface area contributed by atoms with Crippen molar-refractivity contribution < 1.29 is 38.1 Å². The second-order valence-corrected chi connectivity index (χ2v) is 1.56. The standard InChI is InChI=1S/C6H13.3H2O.Ti/c1-3-5-6-4-2;;;;/h1,3-6H2,2H3;3*1H2;/q-1;;;;+4/p-3. The molecular formula is C6H16O3Ti. The summed E-state index contributed by atoms with van der Waals surface area (Å²) in [4.78, 5) is 0. The van der Waals surface area contributed by atoms with Crippen LogP contribution in [0.15, 0.2) is 0 Å². The maximum absolute atomic E-state index is 3.72. The first kappa shape index (κ1) is 31.2. The van der Waals surface area contributed by atoms with Crippen LogP contribution in [-0.4, -0.2) is 16.4 Å². The van der Waals surface area contributed by atoms with Gasteiger partial charge < -0.3 is 23.4 Å². The van der Waals surface area contributed by atoms with Gasteiger partial charge in [0.1, 0.15) is 0 Å². The minimum absolute atomic E-state index is 0. The maximum atomic E-state index is 3.72. The zero-order chi connectivity index (χ0) is 4.83. The van der Waals surface area contributed by atoms with Gasteiger partial charge >= 0.3 is 21.7 Å². The SMILES string of the molecule is [CH2-]CCCCC.[OH-].[OH-].[OH-].[Ti+4]. The summed E-state index contributed by atoms with van der Waals surface area (Å²) in [5, 5.41) is 0. The molecule has 0 rings (SSSR count). The van der Waals surface area contributed by atoms with Crippen molar-refractivity contribution in [3.05, 3.63) is 6.92 Å². The second-order valence-electron chi connectivity index (χ2n) is 1.56. The normalized spacial score (nSPS) is 5.40. The van der Waals surface area contributed by atoms with Gasteiger partial charge in [-0.05, 0) is 0 Å². The first-order valence-electron chi connectivity index (χ1n) is 2.71. The summed E-state index contributed by atoms with van der Waals surface area (Å²) in [6.45, 7) is 5.93. The Kier molecular flexibility index (Phi) is 105. The average molecular weight is 184 g/mol. The van der Waals surface area contributed by atoms with Crippen molar-refractivity contribution in [3.63, 3.8) is 0 Å². The molecule has 3 N–H and O–H groups in total. The molecule has 0 unspecified atom stereocenters. The molecule has 0 aliphatic heterocycles. The van der Waals surface area contributed by atoms with Crippen LogP contribution >= 0.6 is 0 Å². The van der Waals surface area contributed by atoms with Gasteiger partial charge in [0.25, 0.3) is 0 Å². The predicted molar refractivity (Wildman–Crippen MR) is 35.3 cm³/mol. The van der Waals surface area contributed by atoms with Gasteiger partial charge in [0.05, 0.1) is 0 Å². The van der Waals surface area contributed by atoms with Crippen molar-refractivity contribution in [3.8, 4) is 0 Å². The summed E-state index contributed by atoms with van der Waals surface area (Å²) in [6.07, 6.45) is 5.07. The van der Waals surface area contributed by atoms with E-state index in [-0.39, 0.29) is 38.1 Å². The molecule has 0 atom stereocenters. The van der Waals surface area contributed by atoms with E-state index in [1.54, 1.807) is 0 Å². The molecule has 10 heavy (non-hydrogen) atoms. The Morgan fingerprint density at radius 3 is 1.50 bits per heavy atom. The van der Waals surface area contributed by atoms with Crippen molar-refractivity contribution in [2.24, 2.45) is 0 Å². The third-order valence-electron chi connectivity index (χ3n) is 0.854. The molecule has 0 aliphatic carbocycles. The van der Waals surface area contributed by atoms with Crippen molar-refractivity contribution in [2.75, 3.05) is 0 Å². The molecule has 0 amide bonds. The number of hydrogen-bond donors (Lipinski definition) is 0. The first-order valence-corrected chi connectivity index (χ1v) is 2.71. The topological polar surface area (TPSA) is 90.0 Å². The van der Waals surface area contributed by atoms with Crippen LogP contribution in [0.5, 0.6) is 0 Å². The summed E-state index contributed by atoms with van der Waals surface area (Å²) >= 11 is 0. The van der Waals surface area contributed by atoms with E-state index in [0.717, 1.165) is 6.42 Å². The molecule has 0 radical (unpaired) electrons. The molecule has 0 spiro atoms. The third-order valence-corrected chi connectivity index (χ3v) is 0.854.